The molecule has 1 saturated carbocycles. The van der Waals surface area contributed by atoms with E-state index in [4.69, 9.17) is 5.73 Å². The van der Waals surface area contributed by atoms with E-state index in [0.717, 1.165) is 63.6 Å². The van der Waals surface area contributed by atoms with E-state index in [1.807, 2.05) is 42.2 Å². The maximum atomic E-state index is 13.4. The Morgan fingerprint density at radius 3 is 2.36 bits per heavy atom. The molecule has 2 fully saturated rings. The second-order valence-corrected chi connectivity index (χ2v) is 8.06. The third-order valence-electron chi connectivity index (χ3n) is 6.09. The molecule has 0 radical (unpaired) electrons. The lowest BCUT2D eigenvalue weighted by Crippen LogP contribution is -2.53. The largest absolute Gasteiger partial charge is 0.375 e. The Balaban J connectivity index is 1.77. The second-order valence-electron chi connectivity index (χ2n) is 8.06. The minimum atomic E-state index is -1.37. The van der Waals surface area contributed by atoms with Gasteiger partial charge >= 0.3 is 0 Å². The minimum Gasteiger partial charge on any atom is -0.375 e. The van der Waals surface area contributed by atoms with Crippen LogP contribution in [0.2, 0.25) is 0 Å². The lowest BCUT2D eigenvalue weighted by molar-refractivity contribution is -0.160. The van der Waals surface area contributed by atoms with E-state index in [0.29, 0.717) is 5.92 Å². The number of aliphatic hydroxyl groups is 1. The first-order valence-corrected chi connectivity index (χ1v) is 9.84. The fourth-order valence-electron chi connectivity index (χ4n) is 4.71. The fourth-order valence-corrected chi connectivity index (χ4v) is 4.71. The summed E-state index contributed by atoms with van der Waals surface area (Å²) < 4.78 is 0. The van der Waals surface area contributed by atoms with Crippen LogP contribution in [0.3, 0.4) is 0 Å². The Morgan fingerprint density at radius 2 is 1.80 bits per heavy atom. The summed E-state index contributed by atoms with van der Waals surface area (Å²) in [6.45, 7) is 3.52. The van der Waals surface area contributed by atoms with Gasteiger partial charge in [-0.1, -0.05) is 43.2 Å². The zero-order valence-electron chi connectivity index (χ0n) is 15.4. The Morgan fingerprint density at radius 1 is 1.20 bits per heavy atom. The van der Waals surface area contributed by atoms with E-state index >= 15 is 0 Å². The average Bonchev–Trinajstić information content (AvgIpc) is 3.16. The van der Waals surface area contributed by atoms with Crippen LogP contribution in [0.25, 0.3) is 0 Å². The molecule has 1 heterocycles. The Labute approximate surface area is 151 Å². The lowest BCUT2D eigenvalue weighted by atomic mass is 9.78. The van der Waals surface area contributed by atoms with Crippen molar-refractivity contribution in [3.05, 3.63) is 35.9 Å². The van der Waals surface area contributed by atoms with E-state index in [2.05, 4.69) is 0 Å². The summed E-state index contributed by atoms with van der Waals surface area (Å²) in [4.78, 5) is 15.3. The molecule has 138 valence electrons. The number of amides is 1. The summed E-state index contributed by atoms with van der Waals surface area (Å²) in [5.74, 6) is 0.536. The van der Waals surface area contributed by atoms with E-state index < -0.39 is 5.60 Å². The van der Waals surface area contributed by atoms with Crippen molar-refractivity contribution in [2.24, 2.45) is 17.6 Å². The molecule has 2 unspecified atom stereocenters. The number of carbonyl (C=O) groups excluding carboxylic acids is 1. The molecule has 3 N–H and O–H groups in total. The van der Waals surface area contributed by atoms with Crippen LogP contribution < -0.4 is 5.73 Å². The van der Waals surface area contributed by atoms with Gasteiger partial charge in [-0.05, 0) is 50.5 Å². The van der Waals surface area contributed by atoms with Gasteiger partial charge < -0.3 is 15.7 Å². The third-order valence-corrected chi connectivity index (χ3v) is 6.09. The van der Waals surface area contributed by atoms with Crippen LogP contribution in [0.1, 0.15) is 57.4 Å². The summed E-state index contributed by atoms with van der Waals surface area (Å²) in [5.41, 5.74) is 5.31. The van der Waals surface area contributed by atoms with Crippen LogP contribution in [0.4, 0.5) is 0 Å². The highest BCUT2D eigenvalue weighted by Gasteiger charge is 2.48. The Kier molecular flexibility index (Phi) is 5.80. The molecule has 1 amide bonds. The van der Waals surface area contributed by atoms with Gasteiger partial charge in [0, 0.05) is 25.0 Å². The number of carbonyl (C=O) groups is 1. The van der Waals surface area contributed by atoms with Crippen molar-refractivity contribution in [2.75, 3.05) is 13.1 Å². The van der Waals surface area contributed by atoms with Gasteiger partial charge in [0.15, 0.2) is 5.60 Å². The van der Waals surface area contributed by atoms with Crippen LogP contribution >= 0.6 is 0 Å². The maximum absolute atomic E-state index is 13.4. The van der Waals surface area contributed by atoms with E-state index in [9.17, 15) is 9.90 Å². The molecular formula is C21H32N2O2. The maximum Gasteiger partial charge on any atom is 0.259 e. The smallest absolute Gasteiger partial charge is 0.259 e. The molecule has 0 aromatic heterocycles. The number of nitrogens with two attached hydrogens (primary N) is 1. The average molecular weight is 344 g/mol. The molecule has 3 rings (SSSR count). The molecule has 0 spiro atoms. The summed E-state index contributed by atoms with van der Waals surface area (Å²) in [7, 11) is 0. The molecule has 1 aromatic rings. The van der Waals surface area contributed by atoms with Crippen molar-refractivity contribution >= 4 is 5.91 Å². The molecule has 1 aliphatic heterocycles. The highest BCUT2D eigenvalue weighted by molar-refractivity contribution is 5.87. The lowest BCUT2D eigenvalue weighted by Gasteiger charge is -2.40. The minimum absolute atomic E-state index is 0.0317. The molecule has 1 saturated heterocycles. The zero-order chi connectivity index (χ0) is 17.9. The van der Waals surface area contributed by atoms with Crippen molar-refractivity contribution in [3.63, 3.8) is 0 Å². The van der Waals surface area contributed by atoms with E-state index in [1.165, 1.54) is 0 Å². The molecule has 4 heteroatoms. The SMILES string of the molecule is CC(N)CC1CCN(C(=O)C(O)(c2ccccc2)C2CCCC2)CC1. The van der Waals surface area contributed by atoms with Gasteiger partial charge in [-0.15, -0.1) is 0 Å². The van der Waals surface area contributed by atoms with Crippen molar-refractivity contribution < 1.29 is 9.90 Å². The Hall–Kier alpha value is -1.39. The van der Waals surface area contributed by atoms with Crippen LogP contribution in [0.15, 0.2) is 30.3 Å². The van der Waals surface area contributed by atoms with Crippen molar-refractivity contribution in [1.82, 2.24) is 4.90 Å². The predicted molar refractivity (Wildman–Crippen MR) is 99.9 cm³/mol. The number of nitrogens with zero attached hydrogens (tertiary/aromatic N) is 1. The summed E-state index contributed by atoms with van der Waals surface area (Å²) in [6.07, 6.45) is 7.06. The molecule has 4 nitrogen and oxygen atoms in total. The third kappa shape index (κ3) is 3.90. The molecule has 2 aliphatic rings. The summed E-state index contributed by atoms with van der Waals surface area (Å²) in [5, 5.41) is 11.6. The molecule has 1 aromatic carbocycles. The number of likely N-dealkylation sites (tertiary alicyclic amines) is 1. The van der Waals surface area contributed by atoms with Crippen molar-refractivity contribution in [1.29, 1.82) is 0 Å². The van der Waals surface area contributed by atoms with Gasteiger partial charge in [0.2, 0.25) is 0 Å². The first-order valence-electron chi connectivity index (χ1n) is 9.84. The van der Waals surface area contributed by atoms with Gasteiger partial charge in [0.05, 0.1) is 0 Å². The van der Waals surface area contributed by atoms with Gasteiger partial charge in [-0.3, -0.25) is 4.79 Å². The van der Waals surface area contributed by atoms with Gasteiger partial charge in [-0.25, -0.2) is 0 Å². The van der Waals surface area contributed by atoms with Crippen LogP contribution in [0.5, 0.6) is 0 Å². The molecule has 2 atom stereocenters. The standard InChI is InChI=1S/C21H32N2O2/c1-16(22)15-17-11-13-23(14-12-17)20(24)21(25,19-9-5-6-10-19)18-7-3-2-4-8-18/h2-4,7-8,16-17,19,25H,5-6,9-15,22H2,1H3. The van der Waals surface area contributed by atoms with Crippen LogP contribution in [-0.2, 0) is 10.4 Å². The van der Waals surface area contributed by atoms with Crippen molar-refractivity contribution in [3.8, 4) is 0 Å². The number of hydrogen-bond donors (Lipinski definition) is 2. The van der Waals surface area contributed by atoms with Crippen LogP contribution in [0, 0.1) is 11.8 Å². The van der Waals surface area contributed by atoms with Gasteiger partial charge in [0.25, 0.3) is 5.91 Å². The van der Waals surface area contributed by atoms with Crippen molar-refractivity contribution in [2.45, 2.75) is 63.5 Å². The predicted octanol–water partition coefficient (Wildman–Crippen LogP) is 3.04. The first-order chi connectivity index (χ1) is 12.0. The number of piperidine rings is 1. The van der Waals surface area contributed by atoms with Crippen LogP contribution in [-0.4, -0.2) is 35.0 Å². The molecule has 1 aliphatic carbocycles. The monoisotopic (exact) mass is 344 g/mol. The first kappa shape index (κ1) is 18.4. The molecular weight excluding hydrogens is 312 g/mol. The normalized spacial score (nSPS) is 23.4. The fraction of sp³-hybridized carbons (Fsp3) is 0.667. The molecule has 25 heavy (non-hydrogen) atoms. The summed E-state index contributed by atoms with van der Waals surface area (Å²) in [6, 6.07) is 9.78. The van der Waals surface area contributed by atoms with Gasteiger partial charge in [-0.2, -0.15) is 0 Å². The Bertz CT molecular complexity index is 561. The number of hydrogen-bond acceptors (Lipinski definition) is 3. The second kappa shape index (κ2) is 7.88. The summed E-state index contributed by atoms with van der Waals surface area (Å²) >= 11 is 0. The van der Waals surface area contributed by atoms with E-state index in [-0.39, 0.29) is 17.9 Å². The van der Waals surface area contributed by atoms with Gasteiger partial charge in [0.1, 0.15) is 0 Å². The number of benzene rings is 1. The highest BCUT2D eigenvalue weighted by atomic mass is 16.3. The molecule has 0 bridgehead atoms. The topological polar surface area (TPSA) is 66.6 Å². The zero-order valence-corrected chi connectivity index (χ0v) is 15.4. The van der Waals surface area contributed by atoms with E-state index in [1.54, 1.807) is 0 Å². The highest BCUT2D eigenvalue weighted by Crippen LogP contribution is 2.42. The quantitative estimate of drug-likeness (QED) is 0.863. The number of rotatable bonds is 5.